The highest BCUT2D eigenvalue weighted by molar-refractivity contribution is 7.89. The highest BCUT2D eigenvalue weighted by Gasteiger charge is 2.52. The molecule has 0 saturated carbocycles. The van der Waals surface area contributed by atoms with Crippen molar-refractivity contribution in [1.82, 2.24) is 34.4 Å². The van der Waals surface area contributed by atoms with Gasteiger partial charge in [0.15, 0.2) is 0 Å². The summed E-state index contributed by atoms with van der Waals surface area (Å²) in [5, 5.41) is 11.5. The highest BCUT2D eigenvalue weighted by atomic mass is 32.2. The molecule has 0 aliphatic carbocycles. The molecule has 3 aliphatic heterocycles. The summed E-state index contributed by atoms with van der Waals surface area (Å²) in [6.07, 6.45) is -0.0700. The minimum Gasteiger partial charge on any atom is -0.487 e. The molecule has 280 valence electrons. The molecule has 3 aliphatic rings. The Kier molecular flexibility index (Phi) is 9.03. The molecule has 2 aromatic heterocycles. The number of hydrogen-bond acceptors (Lipinski definition) is 15. The standard InChI is InChI=1S/C36H41N12O5S/c1-25(2)54(49,50)47-21-19-45(20-22-47)34-38-30(43-52-34)36(31-39-35(53-44-31)46-23-29(24-46)51-28-17-11-6-12-18-28)41-32(37)40-33(42-36)48(3,26-13-7-4-8-14-26)27-15-9-5-10-16-27/h4-18,25,29H,19-24H2,1-3H3,(H3,37,40,41,42)/q+1. The van der Waals surface area contributed by atoms with Crippen molar-refractivity contribution in [1.29, 1.82) is 0 Å². The van der Waals surface area contributed by atoms with E-state index in [2.05, 4.69) is 15.6 Å². The van der Waals surface area contributed by atoms with Gasteiger partial charge in [-0.05, 0) is 26.0 Å². The maximum absolute atomic E-state index is 12.8. The summed E-state index contributed by atoms with van der Waals surface area (Å²) < 4.78 is 44.9. The molecular formula is C36H41N12O5S+. The van der Waals surface area contributed by atoms with Gasteiger partial charge in [0.1, 0.15) is 23.2 Å². The Labute approximate surface area is 312 Å². The van der Waals surface area contributed by atoms with Crippen molar-refractivity contribution in [3.8, 4) is 5.75 Å². The first-order chi connectivity index (χ1) is 26.1. The molecule has 3 N–H and O–H groups in total. The maximum Gasteiger partial charge on any atom is 0.324 e. The fourth-order valence-electron chi connectivity index (χ4n) is 6.64. The van der Waals surface area contributed by atoms with E-state index in [4.69, 9.17) is 39.5 Å². The van der Waals surface area contributed by atoms with Crippen molar-refractivity contribution in [3.05, 3.63) is 103 Å². The molecule has 0 amide bonds. The van der Waals surface area contributed by atoms with Crippen molar-refractivity contribution in [2.45, 2.75) is 30.9 Å². The number of sulfonamides is 1. The average Bonchev–Trinajstić information content (AvgIpc) is 3.89. The summed E-state index contributed by atoms with van der Waals surface area (Å²) in [5.41, 5.74) is 6.54. The molecule has 2 saturated heterocycles. The van der Waals surface area contributed by atoms with E-state index in [9.17, 15) is 8.42 Å². The molecule has 5 aromatic rings. The minimum atomic E-state index is -3.41. The zero-order chi connectivity index (χ0) is 37.5. The molecule has 2 fully saturated rings. The third-order valence-electron chi connectivity index (χ3n) is 9.84. The van der Waals surface area contributed by atoms with Gasteiger partial charge in [-0.2, -0.15) is 23.7 Å². The van der Waals surface area contributed by atoms with E-state index in [-0.39, 0.29) is 53.3 Å². The number of guanidine groups is 2. The smallest absolute Gasteiger partial charge is 0.324 e. The fourth-order valence-corrected chi connectivity index (χ4v) is 7.91. The number of ether oxygens (including phenoxy) is 1. The molecule has 0 spiro atoms. The SMILES string of the molecule is CC(C)S(=O)(=O)N1CCN(c2nc(C3(c4noc(N5CC(Oc6ccccc6)C5)n4)N=C(N)NC([N+](C)(c4ccccc4)c4ccccc4)=N3)no2)CC1. The van der Waals surface area contributed by atoms with Crippen molar-refractivity contribution in [3.63, 3.8) is 0 Å². The van der Waals surface area contributed by atoms with Gasteiger partial charge in [0.2, 0.25) is 27.6 Å². The number of nitrogens with zero attached hydrogens (tertiary/aromatic N) is 10. The van der Waals surface area contributed by atoms with Gasteiger partial charge in [-0.1, -0.05) is 64.9 Å². The van der Waals surface area contributed by atoms with Crippen molar-refractivity contribution in [2.24, 2.45) is 15.7 Å². The van der Waals surface area contributed by atoms with Crippen LogP contribution in [0.3, 0.4) is 0 Å². The van der Waals surface area contributed by atoms with E-state index < -0.39 is 20.9 Å². The second-order valence-electron chi connectivity index (χ2n) is 13.6. The normalized spacial score (nSPS) is 19.9. The molecule has 0 radical (unpaired) electrons. The largest absolute Gasteiger partial charge is 0.487 e. The average molecular weight is 754 g/mol. The van der Waals surface area contributed by atoms with Crippen LogP contribution in [-0.4, -0.2) is 103 Å². The van der Waals surface area contributed by atoms with E-state index >= 15 is 0 Å². The molecule has 3 aromatic carbocycles. The second kappa shape index (κ2) is 13.9. The molecule has 1 atom stereocenters. The monoisotopic (exact) mass is 753 g/mol. The van der Waals surface area contributed by atoms with Gasteiger partial charge < -0.3 is 29.3 Å². The maximum atomic E-state index is 12.8. The number of aromatic nitrogens is 4. The van der Waals surface area contributed by atoms with Gasteiger partial charge in [-0.25, -0.2) is 13.4 Å². The topological polar surface area (TPSA) is 194 Å². The summed E-state index contributed by atoms with van der Waals surface area (Å²) in [6.45, 7) is 5.60. The van der Waals surface area contributed by atoms with Gasteiger partial charge in [-0.15, -0.1) is 0 Å². The molecule has 5 heterocycles. The highest BCUT2D eigenvalue weighted by Crippen LogP contribution is 2.40. The van der Waals surface area contributed by atoms with Crippen LogP contribution in [0.1, 0.15) is 25.5 Å². The number of benzene rings is 3. The van der Waals surface area contributed by atoms with Crippen molar-refractivity contribution < 1.29 is 22.2 Å². The van der Waals surface area contributed by atoms with Gasteiger partial charge in [0.25, 0.3) is 5.66 Å². The van der Waals surface area contributed by atoms with E-state index in [0.29, 0.717) is 32.1 Å². The van der Waals surface area contributed by atoms with Gasteiger partial charge >= 0.3 is 18.0 Å². The lowest BCUT2D eigenvalue weighted by Gasteiger charge is -2.37. The van der Waals surface area contributed by atoms with Gasteiger partial charge in [0, 0.05) is 50.4 Å². The molecule has 17 nitrogen and oxygen atoms in total. The van der Waals surface area contributed by atoms with Crippen LogP contribution in [0.2, 0.25) is 0 Å². The first-order valence-electron chi connectivity index (χ1n) is 17.7. The predicted molar refractivity (Wildman–Crippen MR) is 203 cm³/mol. The van der Waals surface area contributed by atoms with E-state index in [1.807, 2.05) is 108 Å². The van der Waals surface area contributed by atoms with Crippen molar-refractivity contribution in [2.75, 3.05) is 56.1 Å². The summed E-state index contributed by atoms with van der Waals surface area (Å²) in [7, 11) is -1.43. The van der Waals surface area contributed by atoms with Crippen LogP contribution in [0.5, 0.6) is 5.75 Å². The number of quaternary nitrogens is 1. The third-order valence-corrected chi connectivity index (χ3v) is 12.1. The fraction of sp³-hybridized carbons (Fsp3) is 0.333. The lowest BCUT2D eigenvalue weighted by Crippen LogP contribution is -2.59. The van der Waals surface area contributed by atoms with E-state index in [0.717, 1.165) is 17.1 Å². The summed E-state index contributed by atoms with van der Waals surface area (Å²) >= 11 is 0. The molecule has 8 rings (SSSR count). The van der Waals surface area contributed by atoms with Crippen molar-refractivity contribution >= 4 is 45.3 Å². The Morgan fingerprint density at radius 1 is 0.796 bits per heavy atom. The number of aliphatic imine (C=N–C) groups is 2. The summed E-state index contributed by atoms with van der Waals surface area (Å²) in [6, 6.07) is 29.7. The Balaban J connectivity index is 1.17. The summed E-state index contributed by atoms with van der Waals surface area (Å²) in [4.78, 5) is 23.3. The van der Waals surface area contributed by atoms with Gasteiger partial charge in [-0.3, -0.25) is 5.32 Å². The second-order valence-corrected chi connectivity index (χ2v) is 16.1. The lowest BCUT2D eigenvalue weighted by molar-refractivity contribution is 0.160. The first kappa shape index (κ1) is 35.2. The van der Waals surface area contributed by atoms with Crippen LogP contribution in [-0.2, 0) is 15.7 Å². The van der Waals surface area contributed by atoms with Crippen LogP contribution >= 0.6 is 0 Å². The number of nitrogens with two attached hydrogens (primary N) is 1. The minimum absolute atomic E-state index is 0.0155. The zero-order valence-electron chi connectivity index (χ0n) is 30.1. The number of hydrogen-bond donors (Lipinski definition) is 2. The number of nitrogens with one attached hydrogen (secondary N) is 1. The molecule has 18 heteroatoms. The number of piperazine rings is 1. The van der Waals surface area contributed by atoms with Gasteiger partial charge in [0.05, 0.1) is 25.4 Å². The lowest BCUT2D eigenvalue weighted by atomic mass is 10.1. The molecule has 1 unspecified atom stereocenters. The van der Waals surface area contributed by atoms with Crippen LogP contribution < -0.4 is 30.1 Å². The van der Waals surface area contributed by atoms with Crippen LogP contribution in [0.25, 0.3) is 0 Å². The molecular weight excluding hydrogens is 713 g/mol. The first-order valence-corrected chi connectivity index (χ1v) is 19.2. The molecule has 0 bridgehead atoms. The number of anilines is 2. The predicted octanol–water partition coefficient (Wildman–Crippen LogP) is 3.02. The van der Waals surface area contributed by atoms with E-state index in [1.54, 1.807) is 13.8 Å². The van der Waals surface area contributed by atoms with E-state index in [1.165, 1.54) is 4.31 Å². The quantitative estimate of drug-likeness (QED) is 0.198. The van der Waals surface area contributed by atoms with Crippen LogP contribution in [0.15, 0.2) is 110 Å². The number of rotatable bonds is 10. The Morgan fingerprint density at radius 2 is 1.31 bits per heavy atom. The van der Waals surface area contributed by atoms with Crippen LogP contribution in [0, 0.1) is 0 Å². The molecule has 54 heavy (non-hydrogen) atoms. The Bertz CT molecular complexity index is 2210. The summed E-state index contributed by atoms with van der Waals surface area (Å²) in [5.74, 6) is 1.24. The number of para-hydroxylation sites is 3. The Hall–Kier alpha value is -5.85. The van der Waals surface area contributed by atoms with Crippen LogP contribution in [0.4, 0.5) is 23.4 Å². The third kappa shape index (κ3) is 6.31. The zero-order valence-corrected chi connectivity index (χ0v) is 30.9. The Morgan fingerprint density at radius 3 is 1.85 bits per heavy atom.